The average molecular weight is 264 g/mol. The number of carbonyl (C=O) groups is 1. The number of anilines is 1. The van der Waals surface area contributed by atoms with Crippen LogP contribution in [0.15, 0.2) is 24.3 Å². The molecule has 0 aliphatic heterocycles. The van der Waals surface area contributed by atoms with Crippen LogP contribution in [0.3, 0.4) is 0 Å². The Labute approximate surface area is 115 Å². The summed E-state index contributed by atoms with van der Waals surface area (Å²) in [6.07, 6.45) is 2.20. The molecule has 1 rings (SSSR count). The number of hydrogen-bond acceptors (Lipinski definition) is 3. The molecule has 0 atom stereocenters. The molecular formula is C15H24N2O2. The molecule has 0 aliphatic rings. The molecule has 0 heterocycles. The van der Waals surface area contributed by atoms with Crippen LogP contribution >= 0.6 is 0 Å². The summed E-state index contributed by atoms with van der Waals surface area (Å²) in [6.45, 7) is 6.93. The van der Waals surface area contributed by atoms with Crippen LogP contribution in [0.4, 0.5) is 5.69 Å². The van der Waals surface area contributed by atoms with Gasteiger partial charge in [0.15, 0.2) is 0 Å². The van der Waals surface area contributed by atoms with Crippen LogP contribution in [-0.4, -0.2) is 32.2 Å². The van der Waals surface area contributed by atoms with Gasteiger partial charge in [0, 0.05) is 30.9 Å². The zero-order valence-electron chi connectivity index (χ0n) is 11.9. The topological polar surface area (TPSA) is 50.4 Å². The highest BCUT2D eigenvalue weighted by Gasteiger charge is 2.04. The standard InChI is InChI=1S/C15H24N2O2/c1-3-5-11-19-12-10-17-15(18)13-6-8-14(9-7-13)16-4-2/h6-9,16H,3-5,10-12H2,1-2H3,(H,17,18). The first-order valence-corrected chi connectivity index (χ1v) is 6.97. The van der Waals surface area contributed by atoms with Gasteiger partial charge in [-0.3, -0.25) is 4.79 Å². The summed E-state index contributed by atoms with van der Waals surface area (Å²) in [4.78, 5) is 11.8. The summed E-state index contributed by atoms with van der Waals surface area (Å²) in [5.41, 5.74) is 1.71. The first-order valence-electron chi connectivity index (χ1n) is 6.97. The maximum Gasteiger partial charge on any atom is 0.251 e. The number of amides is 1. The van der Waals surface area contributed by atoms with Crippen LogP contribution in [0.5, 0.6) is 0 Å². The van der Waals surface area contributed by atoms with Crippen LogP contribution in [0.25, 0.3) is 0 Å². The van der Waals surface area contributed by atoms with Crippen molar-refractivity contribution in [2.45, 2.75) is 26.7 Å². The van der Waals surface area contributed by atoms with Gasteiger partial charge >= 0.3 is 0 Å². The lowest BCUT2D eigenvalue weighted by atomic mass is 10.2. The van der Waals surface area contributed by atoms with Gasteiger partial charge < -0.3 is 15.4 Å². The number of ether oxygens (including phenoxy) is 1. The Kier molecular flexibility index (Phi) is 7.66. The molecule has 2 N–H and O–H groups in total. The van der Waals surface area contributed by atoms with Gasteiger partial charge in [-0.15, -0.1) is 0 Å². The Hall–Kier alpha value is -1.55. The van der Waals surface area contributed by atoms with Crippen molar-refractivity contribution in [1.29, 1.82) is 0 Å². The molecule has 106 valence electrons. The number of unbranched alkanes of at least 4 members (excludes halogenated alkanes) is 1. The highest BCUT2D eigenvalue weighted by atomic mass is 16.5. The maximum atomic E-state index is 11.8. The van der Waals surface area contributed by atoms with Gasteiger partial charge in [0.1, 0.15) is 0 Å². The molecule has 19 heavy (non-hydrogen) atoms. The minimum atomic E-state index is -0.0536. The summed E-state index contributed by atoms with van der Waals surface area (Å²) in [5.74, 6) is -0.0536. The van der Waals surface area contributed by atoms with Crippen LogP contribution in [-0.2, 0) is 4.74 Å². The normalized spacial score (nSPS) is 10.2. The van der Waals surface area contributed by atoms with Crippen LogP contribution in [0.2, 0.25) is 0 Å². The van der Waals surface area contributed by atoms with Crippen molar-refractivity contribution in [3.63, 3.8) is 0 Å². The molecule has 1 aromatic carbocycles. The van der Waals surface area contributed by atoms with Crippen molar-refractivity contribution < 1.29 is 9.53 Å². The predicted molar refractivity (Wildman–Crippen MR) is 78.7 cm³/mol. The quantitative estimate of drug-likeness (QED) is 0.674. The highest BCUT2D eigenvalue weighted by Crippen LogP contribution is 2.08. The van der Waals surface area contributed by atoms with Crippen LogP contribution in [0, 0.1) is 0 Å². The third-order valence-corrected chi connectivity index (χ3v) is 2.70. The second-order valence-corrected chi connectivity index (χ2v) is 4.33. The van der Waals surface area contributed by atoms with Gasteiger partial charge in [-0.25, -0.2) is 0 Å². The van der Waals surface area contributed by atoms with E-state index < -0.39 is 0 Å². The van der Waals surface area contributed by atoms with E-state index in [2.05, 4.69) is 17.6 Å². The lowest BCUT2D eigenvalue weighted by Crippen LogP contribution is -2.27. The molecule has 0 unspecified atom stereocenters. The summed E-state index contributed by atoms with van der Waals surface area (Å²) >= 11 is 0. The Balaban J connectivity index is 2.25. The van der Waals surface area contributed by atoms with E-state index in [1.165, 1.54) is 0 Å². The fourth-order valence-electron chi connectivity index (χ4n) is 1.63. The second-order valence-electron chi connectivity index (χ2n) is 4.33. The molecule has 1 aromatic rings. The Morgan fingerprint density at radius 1 is 1.16 bits per heavy atom. The van der Waals surface area contributed by atoms with Gasteiger partial charge in [0.2, 0.25) is 0 Å². The minimum absolute atomic E-state index is 0.0536. The molecule has 4 nitrogen and oxygen atoms in total. The van der Waals surface area contributed by atoms with Crippen molar-refractivity contribution in [3.8, 4) is 0 Å². The first kappa shape index (κ1) is 15.5. The zero-order valence-corrected chi connectivity index (χ0v) is 11.9. The van der Waals surface area contributed by atoms with E-state index in [1.807, 2.05) is 31.2 Å². The van der Waals surface area contributed by atoms with Gasteiger partial charge in [-0.2, -0.15) is 0 Å². The fraction of sp³-hybridized carbons (Fsp3) is 0.533. The lowest BCUT2D eigenvalue weighted by Gasteiger charge is -2.07. The number of nitrogens with one attached hydrogen (secondary N) is 2. The van der Waals surface area contributed by atoms with E-state index in [0.29, 0.717) is 18.7 Å². The molecule has 0 saturated carbocycles. The van der Waals surface area contributed by atoms with Crippen molar-refractivity contribution >= 4 is 11.6 Å². The van der Waals surface area contributed by atoms with Gasteiger partial charge in [0.25, 0.3) is 5.91 Å². The van der Waals surface area contributed by atoms with Crippen molar-refractivity contribution in [3.05, 3.63) is 29.8 Å². The zero-order chi connectivity index (χ0) is 13.9. The largest absolute Gasteiger partial charge is 0.385 e. The molecule has 0 bridgehead atoms. The second kappa shape index (κ2) is 9.39. The first-order chi connectivity index (χ1) is 9.27. The van der Waals surface area contributed by atoms with Crippen LogP contribution in [0.1, 0.15) is 37.0 Å². The Morgan fingerprint density at radius 3 is 2.53 bits per heavy atom. The number of rotatable bonds is 9. The Morgan fingerprint density at radius 2 is 1.89 bits per heavy atom. The summed E-state index contributed by atoms with van der Waals surface area (Å²) in [6, 6.07) is 7.48. The number of hydrogen-bond donors (Lipinski definition) is 2. The summed E-state index contributed by atoms with van der Waals surface area (Å²) in [7, 11) is 0. The van der Waals surface area contributed by atoms with E-state index in [4.69, 9.17) is 4.74 Å². The van der Waals surface area contributed by atoms with E-state index in [9.17, 15) is 4.79 Å². The van der Waals surface area contributed by atoms with Crippen molar-refractivity contribution in [1.82, 2.24) is 5.32 Å². The maximum absolute atomic E-state index is 11.8. The molecule has 4 heteroatoms. The van der Waals surface area contributed by atoms with E-state index in [1.54, 1.807) is 0 Å². The monoisotopic (exact) mass is 264 g/mol. The molecule has 1 amide bonds. The van der Waals surface area contributed by atoms with Crippen LogP contribution < -0.4 is 10.6 Å². The van der Waals surface area contributed by atoms with Crippen molar-refractivity contribution in [2.24, 2.45) is 0 Å². The third kappa shape index (κ3) is 6.25. The van der Waals surface area contributed by atoms with E-state index in [-0.39, 0.29) is 5.91 Å². The SMILES string of the molecule is CCCCOCCNC(=O)c1ccc(NCC)cc1. The molecule has 0 radical (unpaired) electrons. The van der Waals surface area contributed by atoms with Crippen molar-refractivity contribution in [2.75, 3.05) is 31.6 Å². The number of carbonyl (C=O) groups excluding carboxylic acids is 1. The molecule has 0 fully saturated rings. The molecule has 0 aliphatic carbocycles. The van der Waals surface area contributed by atoms with Gasteiger partial charge in [-0.1, -0.05) is 13.3 Å². The lowest BCUT2D eigenvalue weighted by molar-refractivity contribution is 0.0913. The highest BCUT2D eigenvalue weighted by molar-refractivity contribution is 5.94. The van der Waals surface area contributed by atoms with Gasteiger partial charge in [-0.05, 0) is 37.6 Å². The summed E-state index contributed by atoms with van der Waals surface area (Å²) < 4.78 is 5.39. The summed E-state index contributed by atoms with van der Waals surface area (Å²) in [5, 5.41) is 6.04. The molecule has 0 saturated heterocycles. The molecule has 0 spiro atoms. The predicted octanol–water partition coefficient (Wildman–Crippen LogP) is 2.66. The van der Waals surface area contributed by atoms with E-state index >= 15 is 0 Å². The Bertz CT molecular complexity index is 363. The third-order valence-electron chi connectivity index (χ3n) is 2.70. The minimum Gasteiger partial charge on any atom is -0.385 e. The average Bonchev–Trinajstić information content (AvgIpc) is 2.43. The number of benzene rings is 1. The van der Waals surface area contributed by atoms with E-state index in [0.717, 1.165) is 31.7 Å². The molecular weight excluding hydrogens is 240 g/mol. The smallest absolute Gasteiger partial charge is 0.251 e. The van der Waals surface area contributed by atoms with Gasteiger partial charge in [0.05, 0.1) is 6.61 Å². The molecule has 0 aromatic heterocycles. The fourth-order valence-corrected chi connectivity index (χ4v) is 1.63.